The van der Waals surface area contributed by atoms with E-state index in [0.717, 1.165) is 5.56 Å². The number of aromatic nitrogens is 2. The maximum absolute atomic E-state index is 12.5. The minimum Gasteiger partial charge on any atom is -0.296 e. The molecular weight excluding hydrogens is 432 g/mol. The van der Waals surface area contributed by atoms with Crippen molar-refractivity contribution in [2.75, 3.05) is 21.9 Å². The van der Waals surface area contributed by atoms with Crippen LogP contribution in [-0.4, -0.2) is 36.8 Å². The van der Waals surface area contributed by atoms with Crippen molar-refractivity contribution in [3.63, 3.8) is 0 Å². The number of nitrogens with zero attached hydrogens (tertiary/aromatic N) is 3. The summed E-state index contributed by atoms with van der Waals surface area (Å²) in [5, 5.41) is 12.5. The molecule has 1 amide bonds. The first kappa shape index (κ1) is 21.2. The van der Waals surface area contributed by atoms with Gasteiger partial charge in [0.1, 0.15) is 5.01 Å². The molecule has 0 aliphatic rings. The van der Waals surface area contributed by atoms with Crippen LogP contribution in [0.5, 0.6) is 0 Å². The standard InChI is InChI=1S/C19H19ClN4O3S2/c1-3-24(29(26,27)4-2)16-11-7-13(8-12-16)17(25)21-19-23-22-18(28-19)14-5-9-15(20)10-6-14/h5-12H,3-4H2,1-2H3,(H,21,23,25). The summed E-state index contributed by atoms with van der Waals surface area (Å²) in [5.41, 5.74) is 1.77. The Morgan fingerprint density at radius 2 is 1.72 bits per heavy atom. The van der Waals surface area contributed by atoms with Gasteiger partial charge in [0.2, 0.25) is 15.2 Å². The van der Waals surface area contributed by atoms with E-state index in [9.17, 15) is 13.2 Å². The van der Waals surface area contributed by atoms with Crippen molar-refractivity contribution in [2.45, 2.75) is 13.8 Å². The van der Waals surface area contributed by atoms with Gasteiger partial charge in [-0.25, -0.2) is 8.42 Å². The molecule has 2 aromatic carbocycles. The van der Waals surface area contributed by atoms with Gasteiger partial charge < -0.3 is 0 Å². The van der Waals surface area contributed by atoms with Crippen molar-refractivity contribution in [3.05, 3.63) is 59.1 Å². The predicted molar refractivity (Wildman–Crippen MR) is 117 cm³/mol. The monoisotopic (exact) mass is 450 g/mol. The van der Waals surface area contributed by atoms with E-state index in [-0.39, 0.29) is 11.7 Å². The maximum Gasteiger partial charge on any atom is 0.257 e. The number of carbonyl (C=O) groups excluding carboxylic acids is 1. The van der Waals surface area contributed by atoms with E-state index in [1.54, 1.807) is 50.2 Å². The molecule has 0 saturated heterocycles. The summed E-state index contributed by atoms with van der Waals surface area (Å²) >= 11 is 7.14. The third-order valence-corrected chi connectivity index (χ3v) is 7.15. The molecule has 10 heteroatoms. The van der Waals surface area contributed by atoms with Gasteiger partial charge in [0, 0.05) is 22.7 Å². The number of hydrogen-bond acceptors (Lipinski definition) is 6. The van der Waals surface area contributed by atoms with Crippen LogP contribution in [0, 0.1) is 0 Å². The minimum absolute atomic E-state index is 0.01000. The summed E-state index contributed by atoms with van der Waals surface area (Å²) in [5.74, 6) is -0.340. The summed E-state index contributed by atoms with van der Waals surface area (Å²) in [6.07, 6.45) is 0. The van der Waals surface area contributed by atoms with Crippen molar-refractivity contribution in [1.82, 2.24) is 10.2 Å². The van der Waals surface area contributed by atoms with Gasteiger partial charge in [-0.15, -0.1) is 10.2 Å². The molecule has 7 nitrogen and oxygen atoms in total. The van der Waals surface area contributed by atoms with Gasteiger partial charge in [0.15, 0.2) is 0 Å². The van der Waals surface area contributed by atoms with Gasteiger partial charge >= 0.3 is 0 Å². The summed E-state index contributed by atoms with van der Waals surface area (Å²) in [4.78, 5) is 12.5. The second-order valence-electron chi connectivity index (χ2n) is 5.99. The van der Waals surface area contributed by atoms with Crippen molar-refractivity contribution in [2.24, 2.45) is 0 Å². The largest absolute Gasteiger partial charge is 0.296 e. The molecule has 0 aliphatic heterocycles. The van der Waals surface area contributed by atoms with Crippen molar-refractivity contribution >= 4 is 49.7 Å². The molecule has 0 unspecified atom stereocenters. The number of sulfonamides is 1. The van der Waals surface area contributed by atoms with E-state index >= 15 is 0 Å². The first-order valence-electron chi connectivity index (χ1n) is 8.85. The van der Waals surface area contributed by atoms with Crippen LogP contribution in [0.1, 0.15) is 24.2 Å². The molecule has 1 aromatic heterocycles. The zero-order valence-corrected chi connectivity index (χ0v) is 18.2. The lowest BCUT2D eigenvalue weighted by Gasteiger charge is -2.22. The number of amides is 1. The predicted octanol–water partition coefficient (Wildman–Crippen LogP) is 4.29. The van der Waals surface area contributed by atoms with Crippen LogP contribution in [0.2, 0.25) is 5.02 Å². The molecule has 0 aliphatic carbocycles. The van der Waals surface area contributed by atoms with Crippen LogP contribution in [0.25, 0.3) is 10.6 Å². The number of anilines is 2. The zero-order valence-electron chi connectivity index (χ0n) is 15.8. The highest BCUT2D eigenvalue weighted by atomic mass is 35.5. The van der Waals surface area contributed by atoms with Gasteiger partial charge in [0.05, 0.1) is 11.4 Å². The van der Waals surface area contributed by atoms with E-state index in [4.69, 9.17) is 11.6 Å². The van der Waals surface area contributed by atoms with Gasteiger partial charge in [-0.3, -0.25) is 14.4 Å². The highest BCUT2D eigenvalue weighted by molar-refractivity contribution is 7.92. The number of benzene rings is 2. The van der Waals surface area contributed by atoms with Gasteiger partial charge in [0.25, 0.3) is 5.91 Å². The number of hydrogen-bond donors (Lipinski definition) is 1. The highest BCUT2D eigenvalue weighted by Gasteiger charge is 2.19. The Morgan fingerprint density at radius 3 is 2.31 bits per heavy atom. The summed E-state index contributed by atoms with van der Waals surface area (Å²) < 4.78 is 25.6. The van der Waals surface area contributed by atoms with Crippen LogP contribution in [0.15, 0.2) is 48.5 Å². The molecule has 0 atom stereocenters. The van der Waals surface area contributed by atoms with Crippen LogP contribution >= 0.6 is 22.9 Å². The Morgan fingerprint density at radius 1 is 1.07 bits per heavy atom. The lowest BCUT2D eigenvalue weighted by Crippen LogP contribution is -2.32. The second kappa shape index (κ2) is 8.89. The molecule has 3 rings (SSSR count). The van der Waals surface area contributed by atoms with E-state index in [1.807, 2.05) is 12.1 Å². The Kier molecular flexibility index (Phi) is 6.51. The van der Waals surface area contributed by atoms with Gasteiger partial charge in [-0.1, -0.05) is 35.1 Å². The molecule has 1 N–H and O–H groups in total. The fourth-order valence-corrected chi connectivity index (χ4v) is 4.65. The summed E-state index contributed by atoms with van der Waals surface area (Å²) in [6, 6.07) is 13.6. The lowest BCUT2D eigenvalue weighted by molar-refractivity contribution is 0.102. The Bertz CT molecular complexity index is 1100. The molecule has 0 fully saturated rings. The first-order chi connectivity index (χ1) is 13.8. The normalized spacial score (nSPS) is 11.3. The topological polar surface area (TPSA) is 92.3 Å². The first-order valence-corrected chi connectivity index (χ1v) is 11.7. The number of rotatable bonds is 7. The molecule has 29 heavy (non-hydrogen) atoms. The molecule has 3 aromatic rings. The Hall–Kier alpha value is -2.49. The average molecular weight is 451 g/mol. The molecule has 0 radical (unpaired) electrons. The highest BCUT2D eigenvalue weighted by Crippen LogP contribution is 2.27. The molecular formula is C19H19ClN4O3S2. The molecule has 1 heterocycles. The number of nitrogens with one attached hydrogen (secondary N) is 1. The minimum atomic E-state index is -3.36. The van der Waals surface area contributed by atoms with E-state index in [1.165, 1.54) is 15.6 Å². The zero-order chi connectivity index (χ0) is 21.0. The molecule has 152 valence electrons. The van der Waals surface area contributed by atoms with Crippen molar-refractivity contribution in [3.8, 4) is 10.6 Å². The molecule has 0 bridgehead atoms. The fraction of sp³-hybridized carbons (Fsp3) is 0.211. The third kappa shape index (κ3) is 4.92. The maximum atomic E-state index is 12.5. The quantitative estimate of drug-likeness (QED) is 0.579. The van der Waals surface area contributed by atoms with Crippen molar-refractivity contribution in [1.29, 1.82) is 0 Å². The SMILES string of the molecule is CCN(c1ccc(C(=O)Nc2nnc(-c3ccc(Cl)cc3)s2)cc1)S(=O)(=O)CC. The van der Waals surface area contributed by atoms with Crippen molar-refractivity contribution < 1.29 is 13.2 Å². The number of carbonyl (C=O) groups is 1. The van der Waals surface area contributed by atoms with E-state index in [0.29, 0.717) is 33.0 Å². The smallest absolute Gasteiger partial charge is 0.257 e. The second-order valence-corrected chi connectivity index (χ2v) is 9.58. The average Bonchev–Trinajstić information content (AvgIpc) is 3.18. The van der Waals surface area contributed by atoms with E-state index < -0.39 is 10.0 Å². The van der Waals surface area contributed by atoms with Crippen LogP contribution in [-0.2, 0) is 10.0 Å². The molecule has 0 spiro atoms. The molecule has 0 saturated carbocycles. The van der Waals surface area contributed by atoms with Crippen LogP contribution < -0.4 is 9.62 Å². The van der Waals surface area contributed by atoms with Gasteiger partial charge in [-0.2, -0.15) is 0 Å². The fourth-order valence-electron chi connectivity index (χ4n) is 2.63. The summed E-state index contributed by atoms with van der Waals surface area (Å²) in [6.45, 7) is 3.68. The van der Waals surface area contributed by atoms with Crippen LogP contribution in [0.4, 0.5) is 10.8 Å². The Labute approximate surface area is 178 Å². The summed E-state index contributed by atoms with van der Waals surface area (Å²) in [7, 11) is -3.36. The Balaban J connectivity index is 1.72. The van der Waals surface area contributed by atoms with E-state index in [2.05, 4.69) is 15.5 Å². The third-order valence-electron chi connectivity index (χ3n) is 4.14. The number of halogens is 1. The van der Waals surface area contributed by atoms with Gasteiger partial charge in [-0.05, 0) is 50.2 Å². The van der Waals surface area contributed by atoms with Crippen LogP contribution in [0.3, 0.4) is 0 Å². The lowest BCUT2D eigenvalue weighted by atomic mass is 10.2.